The molecule has 88 valence electrons. The van der Waals surface area contributed by atoms with Gasteiger partial charge in [0.15, 0.2) is 0 Å². The Bertz CT molecular complexity index is 354. The van der Waals surface area contributed by atoms with Crippen LogP contribution in [0.5, 0.6) is 0 Å². The molecular formula is C11H12Cl3NO. The zero-order valence-corrected chi connectivity index (χ0v) is 10.9. The lowest BCUT2D eigenvalue weighted by Crippen LogP contribution is -2.14. The monoisotopic (exact) mass is 279 g/mol. The van der Waals surface area contributed by atoms with Crippen molar-refractivity contribution in [2.75, 3.05) is 25.1 Å². The summed E-state index contributed by atoms with van der Waals surface area (Å²) in [5.74, 6) is 0.530. The molecule has 1 aromatic carbocycles. The number of nitrogens with one attached hydrogen (secondary N) is 1. The SMILES string of the molecule is Clc1cc(Cl)c(NCC2CCOC2)c(Cl)c1. The summed E-state index contributed by atoms with van der Waals surface area (Å²) in [6.45, 7) is 2.46. The van der Waals surface area contributed by atoms with E-state index in [0.29, 0.717) is 21.0 Å². The minimum Gasteiger partial charge on any atom is -0.382 e. The quantitative estimate of drug-likeness (QED) is 0.900. The highest BCUT2D eigenvalue weighted by molar-refractivity contribution is 6.41. The number of rotatable bonds is 3. The molecule has 0 spiro atoms. The summed E-state index contributed by atoms with van der Waals surface area (Å²) in [7, 11) is 0. The summed E-state index contributed by atoms with van der Waals surface area (Å²) < 4.78 is 5.30. The predicted octanol–water partition coefficient (Wildman–Crippen LogP) is 4.10. The standard InChI is InChI=1S/C11H12Cl3NO/c12-8-3-9(13)11(10(14)4-8)15-5-7-1-2-16-6-7/h3-4,7,15H,1-2,5-6H2. The molecule has 16 heavy (non-hydrogen) atoms. The maximum Gasteiger partial charge on any atom is 0.0720 e. The van der Waals surface area contributed by atoms with Crippen LogP contribution in [0.2, 0.25) is 15.1 Å². The molecule has 1 atom stereocenters. The summed E-state index contributed by atoms with van der Waals surface area (Å²) in [4.78, 5) is 0. The zero-order valence-electron chi connectivity index (χ0n) is 8.60. The Hall–Kier alpha value is -0.150. The first-order valence-corrected chi connectivity index (χ1v) is 6.26. The van der Waals surface area contributed by atoms with Gasteiger partial charge in [-0.3, -0.25) is 0 Å². The minimum atomic E-state index is 0.530. The van der Waals surface area contributed by atoms with Gasteiger partial charge in [-0.15, -0.1) is 0 Å². The second-order valence-electron chi connectivity index (χ2n) is 3.85. The maximum absolute atomic E-state index is 6.06. The third-order valence-electron chi connectivity index (χ3n) is 2.60. The van der Waals surface area contributed by atoms with E-state index in [1.807, 2.05) is 0 Å². The van der Waals surface area contributed by atoms with Crippen molar-refractivity contribution in [3.8, 4) is 0 Å². The van der Waals surface area contributed by atoms with Crippen molar-refractivity contribution in [1.29, 1.82) is 0 Å². The van der Waals surface area contributed by atoms with E-state index in [1.54, 1.807) is 12.1 Å². The van der Waals surface area contributed by atoms with E-state index < -0.39 is 0 Å². The van der Waals surface area contributed by atoms with Gasteiger partial charge in [0, 0.05) is 24.1 Å². The molecule has 0 amide bonds. The van der Waals surface area contributed by atoms with E-state index in [0.717, 1.165) is 31.9 Å². The number of anilines is 1. The van der Waals surface area contributed by atoms with E-state index in [2.05, 4.69) is 5.32 Å². The van der Waals surface area contributed by atoms with Crippen molar-refractivity contribution in [3.05, 3.63) is 27.2 Å². The molecule has 1 aliphatic heterocycles. The van der Waals surface area contributed by atoms with Crippen LogP contribution < -0.4 is 5.32 Å². The Kier molecular flexibility index (Phi) is 4.20. The first-order valence-electron chi connectivity index (χ1n) is 5.13. The van der Waals surface area contributed by atoms with Crippen molar-refractivity contribution in [1.82, 2.24) is 0 Å². The van der Waals surface area contributed by atoms with E-state index in [1.165, 1.54) is 0 Å². The van der Waals surface area contributed by atoms with Gasteiger partial charge in [-0.1, -0.05) is 34.8 Å². The van der Waals surface area contributed by atoms with Gasteiger partial charge in [0.25, 0.3) is 0 Å². The molecule has 2 nitrogen and oxygen atoms in total. The van der Waals surface area contributed by atoms with Gasteiger partial charge in [0.05, 0.1) is 22.3 Å². The van der Waals surface area contributed by atoms with E-state index in [4.69, 9.17) is 39.5 Å². The molecule has 5 heteroatoms. The third-order valence-corrected chi connectivity index (χ3v) is 3.41. The van der Waals surface area contributed by atoms with E-state index >= 15 is 0 Å². The molecule has 0 bridgehead atoms. The van der Waals surface area contributed by atoms with Gasteiger partial charge in [-0.25, -0.2) is 0 Å². The third kappa shape index (κ3) is 2.95. The molecule has 1 N–H and O–H groups in total. The van der Waals surface area contributed by atoms with Crippen LogP contribution in [0.4, 0.5) is 5.69 Å². The lowest BCUT2D eigenvalue weighted by Gasteiger charge is -2.13. The Morgan fingerprint density at radius 3 is 2.50 bits per heavy atom. The molecule has 0 saturated carbocycles. The van der Waals surface area contributed by atoms with Crippen LogP contribution in [-0.2, 0) is 4.74 Å². The van der Waals surface area contributed by atoms with Crippen molar-refractivity contribution < 1.29 is 4.74 Å². The summed E-state index contributed by atoms with van der Waals surface area (Å²) in [6, 6.07) is 3.37. The Balaban J connectivity index is 2.03. The lowest BCUT2D eigenvalue weighted by molar-refractivity contribution is 0.187. The van der Waals surface area contributed by atoms with Crippen LogP contribution in [0.15, 0.2) is 12.1 Å². The van der Waals surface area contributed by atoms with E-state index in [9.17, 15) is 0 Å². The highest BCUT2D eigenvalue weighted by atomic mass is 35.5. The van der Waals surface area contributed by atoms with E-state index in [-0.39, 0.29) is 0 Å². The van der Waals surface area contributed by atoms with Gasteiger partial charge < -0.3 is 10.1 Å². The zero-order chi connectivity index (χ0) is 11.5. The summed E-state index contributed by atoms with van der Waals surface area (Å²) in [5, 5.41) is 4.90. The fourth-order valence-electron chi connectivity index (χ4n) is 1.70. The largest absolute Gasteiger partial charge is 0.382 e. The van der Waals surface area contributed by atoms with Gasteiger partial charge in [0.1, 0.15) is 0 Å². The molecule has 0 aliphatic carbocycles. The molecule has 0 aromatic heterocycles. The average molecular weight is 281 g/mol. The number of hydrogen-bond donors (Lipinski definition) is 1. The van der Waals surface area contributed by atoms with Crippen LogP contribution in [-0.4, -0.2) is 19.8 Å². The van der Waals surface area contributed by atoms with Gasteiger partial charge in [0.2, 0.25) is 0 Å². The molecule has 1 unspecified atom stereocenters. The molecule has 1 aromatic rings. The Labute approximate surface area is 110 Å². The maximum atomic E-state index is 6.06. The van der Waals surface area contributed by atoms with Gasteiger partial charge in [-0.05, 0) is 18.6 Å². The lowest BCUT2D eigenvalue weighted by atomic mass is 10.1. The molecule has 2 rings (SSSR count). The number of halogens is 3. The number of hydrogen-bond acceptors (Lipinski definition) is 2. The number of benzene rings is 1. The highest BCUT2D eigenvalue weighted by Gasteiger charge is 2.16. The molecule has 0 radical (unpaired) electrons. The second-order valence-corrected chi connectivity index (χ2v) is 5.11. The Morgan fingerprint density at radius 2 is 1.94 bits per heavy atom. The molecule has 1 saturated heterocycles. The molecule has 1 heterocycles. The molecular weight excluding hydrogens is 268 g/mol. The fourth-order valence-corrected chi connectivity index (χ4v) is 2.65. The highest BCUT2D eigenvalue weighted by Crippen LogP contribution is 2.33. The van der Waals surface area contributed by atoms with Gasteiger partial charge in [-0.2, -0.15) is 0 Å². The van der Waals surface area contributed by atoms with Crippen LogP contribution in [0.25, 0.3) is 0 Å². The topological polar surface area (TPSA) is 21.3 Å². The molecule has 1 fully saturated rings. The minimum absolute atomic E-state index is 0.530. The summed E-state index contributed by atoms with van der Waals surface area (Å²) in [5.41, 5.74) is 0.750. The number of ether oxygens (including phenoxy) is 1. The smallest absolute Gasteiger partial charge is 0.0720 e. The van der Waals surface area contributed by atoms with Crippen LogP contribution in [0.3, 0.4) is 0 Å². The summed E-state index contributed by atoms with van der Waals surface area (Å²) in [6.07, 6.45) is 1.08. The predicted molar refractivity (Wildman–Crippen MR) is 68.9 cm³/mol. The van der Waals surface area contributed by atoms with Crippen LogP contribution >= 0.6 is 34.8 Å². The fraction of sp³-hybridized carbons (Fsp3) is 0.455. The van der Waals surface area contributed by atoms with Crippen LogP contribution in [0.1, 0.15) is 6.42 Å². The van der Waals surface area contributed by atoms with Crippen molar-refractivity contribution >= 4 is 40.5 Å². The summed E-state index contributed by atoms with van der Waals surface area (Å²) >= 11 is 17.9. The second kappa shape index (κ2) is 5.46. The van der Waals surface area contributed by atoms with Crippen LogP contribution in [0, 0.1) is 5.92 Å². The first kappa shape index (κ1) is 12.3. The Morgan fingerprint density at radius 1 is 1.25 bits per heavy atom. The first-order chi connectivity index (χ1) is 7.66. The average Bonchev–Trinajstić information content (AvgIpc) is 2.68. The van der Waals surface area contributed by atoms with Crippen molar-refractivity contribution in [3.63, 3.8) is 0 Å². The van der Waals surface area contributed by atoms with Gasteiger partial charge >= 0.3 is 0 Å². The van der Waals surface area contributed by atoms with Crippen molar-refractivity contribution in [2.24, 2.45) is 5.92 Å². The normalized spacial score (nSPS) is 20.1. The molecule has 1 aliphatic rings. The van der Waals surface area contributed by atoms with Crippen molar-refractivity contribution in [2.45, 2.75) is 6.42 Å².